The Kier molecular flexibility index (Phi) is 4.06. The molecule has 0 aromatic rings. The highest BCUT2D eigenvalue weighted by Gasteiger charge is 2.17. The van der Waals surface area contributed by atoms with Crippen molar-refractivity contribution in [2.75, 3.05) is 27.7 Å². The first-order valence-corrected chi connectivity index (χ1v) is 5.13. The summed E-state index contributed by atoms with van der Waals surface area (Å²) in [5, 5.41) is 3.10. The molecule has 76 valence electrons. The van der Waals surface area contributed by atoms with E-state index in [9.17, 15) is 0 Å². The third-order valence-corrected chi connectivity index (χ3v) is 2.80. The molecule has 1 aliphatic rings. The van der Waals surface area contributed by atoms with Crippen LogP contribution in [0.15, 0.2) is 4.99 Å². The van der Waals surface area contributed by atoms with Gasteiger partial charge in [0.2, 0.25) is 0 Å². The van der Waals surface area contributed by atoms with Crippen LogP contribution >= 0.6 is 0 Å². The molecule has 0 unspecified atom stereocenters. The van der Waals surface area contributed by atoms with E-state index in [4.69, 9.17) is 0 Å². The summed E-state index contributed by atoms with van der Waals surface area (Å²) in [7, 11) is 5.86. The van der Waals surface area contributed by atoms with E-state index in [1.807, 2.05) is 14.1 Å². The third-order valence-electron chi connectivity index (χ3n) is 2.80. The second-order valence-corrected chi connectivity index (χ2v) is 3.83. The number of rotatable bonds is 2. The molecule has 1 saturated carbocycles. The molecule has 3 heteroatoms. The van der Waals surface area contributed by atoms with E-state index < -0.39 is 0 Å². The van der Waals surface area contributed by atoms with Gasteiger partial charge >= 0.3 is 0 Å². The Morgan fingerprint density at radius 1 is 1.46 bits per heavy atom. The summed E-state index contributed by atoms with van der Waals surface area (Å²) in [5.74, 6) is 1.88. The molecule has 1 N–H and O–H groups in total. The van der Waals surface area contributed by atoms with Crippen molar-refractivity contribution >= 4 is 5.96 Å². The standard InChI is InChI=1S/C10H21N3/c1-11-10(12-2)13(3)8-9-6-4-5-7-9/h9H,4-8H2,1-3H3,(H,11,12). The zero-order valence-corrected chi connectivity index (χ0v) is 9.01. The summed E-state index contributed by atoms with van der Waals surface area (Å²) in [6.45, 7) is 1.15. The molecule has 0 radical (unpaired) electrons. The monoisotopic (exact) mass is 183 g/mol. The summed E-state index contributed by atoms with van der Waals surface area (Å²) in [4.78, 5) is 6.40. The second kappa shape index (κ2) is 5.10. The van der Waals surface area contributed by atoms with Gasteiger partial charge in [-0.25, -0.2) is 0 Å². The molecule has 3 nitrogen and oxygen atoms in total. The van der Waals surface area contributed by atoms with Crippen molar-refractivity contribution in [3.05, 3.63) is 0 Å². The van der Waals surface area contributed by atoms with Crippen molar-refractivity contribution in [1.82, 2.24) is 10.2 Å². The number of nitrogens with zero attached hydrogens (tertiary/aromatic N) is 2. The van der Waals surface area contributed by atoms with E-state index in [2.05, 4.69) is 22.3 Å². The molecule has 0 bridgehead atoms. The SMILES string of the molecule is CN=C(NC)N(C)CC1CCCC1. The first-order valence-electron chi connectivity index (χ1n) is 5.13. The maximum atomic E-state index is 4.18. The minimum absolute atomic E-state index is 0.884. The van der Waals surface area contributed by atoms with Crippen molar-refractivity contribution in [3.8, 4) is 0 Å². The van der Waals surface area contributed by atoms with Crippen LogP contribution in [0.3, 0.4) is 0 Å². The van der Waals surface area contributed by atoms with Gasteiger partial charge in [0, 0.05) is 27.7 Å². The van der Waals surface area contributed by atoms with Crippen LogP contribution in [0, 0.1) is 5.92 Å². The Labute approximate surface area is 81.2 Å². The Hall–Kier alpha value is -0.730. The van der Waals surface area contributed by atoms with Crippen molar-refractivity contribution in [2.24, 2.45) is 10.9 Å². The number of nitrogens with one attached hydrogen (secondary N) is 1. The molecule has 0 aromatic carbocycles. The highest BCUT2D eigenvalue weighted by atomic mass is 15.3. The fourth-order valence-electron chi connectivity index (χ4n) is 2.14. The van der Waals surface area contributed by atoms with Crippen molar-refractivity contribution in [1.29, 1.82) is 0 Å². The van der Waals surface area contributed by atoms with E-state index in [0.717, 1.165) is 18.4 Å². The van der Waals surface area contributed by atoms with Crippen LogP contribution in [0.5, 0.6) is 0 Å². The molecule has 1 rings (SSSR count). The minimum atomic E-state index is 0.884. The Bertz CT molecular complexity index is 171. The average molecular weight is 183 g/mol. The van der Waals surface area contributed by atoms with Crippen LogP contribution in [-0.4, -0.2) is 38.5 Å². The lowest BCUT2D eigenvalue weighted by Gasteiger charge is -2.23. The zero-order chi connectivity index (χ0) is 9.68. The number of hydrogen-bond acceptors (Lipinski definition) is 1. The molecule has 0 spiro atoms. The summed E-state index contributed by atoms with van der Waals surface area (Å²) in [6, 6.07) is 0. The number of guanidine groups is 1. The van der Waals surface area contributed by atoms with Crippen LogP contribution in [-0.2, 0) is 0 Å². The zero-order valence-electron chi connectivity index (χ0n) is 9.01. The smallest absolute Gasteiger partial charge is 0.193 e. The predicted molar refractivity (Wildman–Crippen MR) is 57.0 cm³/mol. The Balaban J connectivity index is 2.34. The Morgan fingerprint density at radius 3 is 2.54 bits per heavy atom. The Morgan fingerprint density at radius 2 is 2.08 bits per heavy atom. The van der Waals surface area contributed by atoms with Crippen LogP contribution in [0.1, 0.15) is 25.7 Å². The lowest BCUT2D eigenvalue weighted by Crippen LogP contribution is -2.39. The molecule has 0 aliphatic heterocycles. The van der Waals surface area contributed by atoms with Gasteiger partial charge in [0.25, 0.3) is 0 Å². The van der Waals surface area contributed by atoms with Crippen LogP contribution in [0.4, 0.5) is 0 Å². The normalized spacial score (nSPS) is 19.2. The molecule has 0 amide bonds. The van der Waals surface area contributed by atoms with Gasteiger partial charge in [-0.3, -0.25) is 4.99 Å². The first-order chi connectivity index (χ1) is 6.27. The highest BCUT2D eigenvalue weighted by molar-refractivity contribution is 5.79. The quantitative estimate of drug-likeness (QED) is 0.516. The fourth-order valence-corrected chi connectivity index (χ4v) is 2.14. The molecular formula is C10H21N3. The lowest BCUT2D eigenvalue weighted by atomic mass is 10.1. The third kappa shape index (κ3) is 2.90. The molecule has 0 saturated heterocycles. The van der Waals surface area contributed by atoms with Crippen LogP contribution < -0.4 is 5.32 Å². The largest absolute Gasteiger partial charge is 0.359 e. The van der Waals surface area contributed by atoms with E-state index in [0.29, 0.717) is 0 Å². The van der Waals surface area contributed by atoms with Crippen molar-refractivity contribution in [3.63, 3.8) is 0 Å². The van der Waals surface area contributed by atoms with Gasteiger partial charge in [0.15, 0.2) is 5.96 Å². The summed E-state index contributed by atoms with van der Waals surface area (Å²) in [5.41, 5.74) is 0. The molecule has 0 atom stereocenters. The van der Waals surface area contributed by atoms with Gasteiger partial charge in [-0.2, -0.15) is 0 Å². The van der Waals surface area contributed by atoms with Gasteiger partial charge in [-0.1, -0.05) is 12.8 Å². The maximum absolute atomic E-state index is 4.18. The molecule has 0 aromatic heterocycles. The summed E-state index contributed by atoms with van der Waals surface area (Å²) < 4.78 is 0. The second-order valence-electron chi connectivity index (χ2n) is 3.83. The van der Waals surface area contributed by atoms with E-state index >= 15 is 0 Å². The maximum Gasteiger partial charge on any atom is 0.193 e. The van der Waals surface area contributed by atoms with E-state index in [1.54, 1.807) is 0 Å². The predicted octanol–water partition coefficient (Wildman–Crippen LogP) is 1.31. The molecule has 13 heavy (non-hydrogen) atoms. The molecule has 1 aliphatic carbocycles. The van der Waals surface area contributed by atoms with E-state index in [1.165, 1.54) is 25.7 Å². The highest BCUT2D eigenvalue weighted by Crippen LogP contribution is 2.24. The topological polar surface area (TPSA) is 27.6 Å². The average Bonchev–Trinajstić information content (AvgIpc) is 2.59. The van der Waals surface area contributed by atoms with Crippen LogP contribution in [0.25, 0.3) is 0 Å². The summed E-state index contributed by atoms with van der Waals surface area (Å²) >= 11 is 0. The first kappa shape index (κ1) is 10.4. The number of aliphatic imine (C=N–C) groups is 1. The lowest BCUT2D eigenvalue weighted by molar-refractivity contribution is 0.380. The van der Waals surface area contributed by atoms with Crippen molar-refractivity contribution in [2.45, 2.75) is 25.7 Å². The van der Waals surface area contributed by atoms with Gasteiger partial charge in [0.05, 0.1) is 0 Å². The molecule has 0 heterocycles. The fraction of sp³-hybridized carbons (Fsp3) is 0.900. The summed E-state index contributed by atoms with van der Waals surface area (Å²) in [6.07, 6.45) is 5.61. The molecular weight excluding hydrogens is 162 g/mol. The molecule has 1 fully saturated rings. The van der Waals surface area contributed by atoms with Crippen LogP contribution in [0.2, 0.25) is 0 Å². The van der Waals surface area contributed by atoms with Gasteiger partial charge in [-0.15, -0.1) is 0 Å². The van der Waals surface area contributed by atoms with Crippen molar-refractivity contribution < 1.29 is 0 Å². The minimum Gasteiger partial charge on any atom is -0.359 e. The van der Waals surface area contributed by atoms with Gasteiger partial charge in [-0.05, 0) is 18.8 Å². The van der Waals surface area contributed by atoms with Gasteiger partial charge in [0.1, 0.15) is 0 Å². The van der Waals surface area contributed by atoms with Gasteiger partial charge < -0.3 is 10.2 Å². The van der Waals surface area contributed by atoms with E-state index in [-0.39, 0.29) is 0 Å². The number of hydrogen-bond donors (Lipinski definition) is 1.